The van der Waals surface area contributed by atoms with Gasteiger partial charge in [0, 0.05) is 10.2 Å². The first kappa shape index (κ1) is 11.4. The average Bonchev–Trinajstić information content (AvgIpc) is 2.29. The molecule has 2 nitrogen and oxygen atoms in total. The molecule has 1 saturated heterocycles. The Morgan fingerprint density at radius 2 is 2.20 bits per heavy atom. The average molecular weight is 318 g/mol. The Labute approximate surface area is 104 Å². The highest BCUT2D eigenvalue weighted by atomic mass is 127. The number of hydrogen-bond acceptors (Lipinski definition) is 2. The van der Waals surface area contributed by atoms with Crippen LogP contribution in [-0.2, 0) is 16.1 Å². The fraction of sp³-hybridized carbons (Fsp3) is 0.500. The van der Waals surface area contributed by atoms with Crippen molar-refractivity contribution in [2.75, 3.05) is 6.61 Å². The summed E-state index contributed by atoms with van der Waals surface area (Å²) in [5.41, 5.74) is 1.24. The van der Waals surface area contributed by atoms with E-state index in [1.807, 2.05) is 12.1 Å². The summed E-state index contributed by atoms with van der Waals surface area (Å²) in [4.78, 5) is 0. The van der Waals surface area contributed by atoms with Crippen molar-refractivity contribution >= 4 is 22.6 Å². The highest BCUT2D eigenvalue weighted by Gasteiger charge is 2.14. The Balaban J connectivity index is 1.84. The molecule has 1 heterocycles. The van der Waals surface area contributed by atoms with E-state index >= 15 is 0 Å². The molecule has 0 amide bonds. The van der Waals surface area contributed by atoms with E-state index in [9.17, 15) is 0 Å². The third-order valence-electron chi connectivity index (χ3n) is 2.52. The van der Waals surface area contributed by atoms with Crippen LogP contribution in [-0.4, -0.2) is 12.9 Å². The van der Waals surface area contributed by atoms with Crippen LogP contribution in [0.5, 0.6) is 0 Å². The van der Waals surface area contributed by atoms with E-state index in [4.69, 9.17) is 9.47 Å². The molecule has 82 valence electrons. The lowest BCUT2D eigenvalue weighted by atomic mass is 10.2. The Morgan fingerprint density at radius 3 is 2.93 bits per heavy atom. The lowest BCUT2D eigenvalue weighted by Crippen LogP contribution is -2.22. The SMILES string of the molecule is Ic1ccccc1COC1CCCCO1. The number of halogens is 1. The molecule has 0 spiro atoms. The summed E-state index contributed by atoms with van der Waals surface area (Å²) in [6, 6.07) is 8.29. The summed E-state index contributed by atoms with van der Waals surface area (Å²) in [5, 5.41) is 0. The zero-order chi connectivity index (χ0) is 10.5. The lowest BCUT2D eigenvalue weighted by Gasteiger charge is -2.22. The third-order valence-corrected chi connectivity index (χ3v) is 3.57. The smallest absolute Gasteiger partial charge is 0.158 e. The maximum Gasteiger partial charge on any atom is 0.158 e. The van der Waals surface area contributed by atoms with E-state index in [0.29, 0.717) is 6.61 Å². The first-order valence-electron chi connectivity index (χ1n) is 5.33. The predicted molar refractivity (Wildman–Crippen MR) is 67.5 cm³/mol. The minimum atomic E-state index is 0.00903. The summed E-state index contributed by atoms with van der Waals surface area (Å²) >= 11 is 2.33. The van der Waals surface area contributed by atoms with Crippen molar-refractivity contribution in [3.8, 4) is 0 Å². The molecule has 1 unspecified atom stereocenters. The molecule has 0 saturated carbocycles. The second kappa shape index (κ2) is 5.82. The van der Waals surface area contributed by atoms with Crippen LogP contribution in [0.4, 0.5) is 0 Å². The minimum Gasteiger partial charge on any atom is -0.353 e. The molecule has 1 fully saturated rings. The molecule has 1 aromatic rings. The van der Waals surface area contributed by atoms with Gasteiger partial charge in [0.15, 0.2) is 6.29 Å². The second-order valence-electron chi connectivity index (χ2n) is 3.70. The normalized spacial score (nSPS) is 21.5. The standard InChI is InChI=1S/C12H15IO2/c13-11-6-2-1-5-10(11)9-15-12-7-3-4-8-14-12/h1-2,5-6,12H,3-4,7-9H2. The summed E-state index contributed by atoms with van der Waals surface area (Å²) in [5.74, 6) is 0. The highest BCUT2D eigenvalue weighted by molar-refractivity contribution is 14.1. The van der Waals surface area contributed by atoms with Crippen LogP contribution in [0, 0.1) is 3.57 Å². The minimum absolute atomic E-state index is 0.00903. The van der Waals surface area contributed by atoms with E-state index in [2.05, 4.69) is 34.7 Å². The van der Waals surface area contributed by atoms with Crippen LogP contribution in [0.25, 0.3) is 0 Å². The fourth-order valence-corrected chi connectivity index (χ4v) is 2.18. The molecule has 0 aromatic heterocycles. The monoisotopic (exact) mass is 318 g/mol. The van der Waals surface area contributed by atoms with Gasteiger partial charge in [-0.05, 0) is 53.5 Å². The van der Waals surface area contributed by atoms with Gasteiger partial charge in [-0.2, -0.15) is 0 Å². The summed E-state index contributed by atoms with van der Waals surface area (Å²) < 4.78 is 12.5. The molecule has 0 radical (unpaired) electrons. The Bertz CT molecular complexity index is 308. The van der Waals surface area contributed by atoms with Gasteiger partial charge in [-0.3, -0.25) is 0 Å². The van der Waals surface area contributed by atoms with Crippen LogP contribution in [0.15, 0.2) is 24.3 Å². The summed E-state index contributed by atoms with van der Waals surface area (Å²) in [6.45, 7) is 1.50. The maximum atomic E-state index is 5.72. The Hall–Kier alpha value is -0.130. The fourth-order valence-electron chi connectivity index (χ4n) is 1.64. The molecule has 0 bridgehead atoms. The molecular weight excluding hydrogens is 303 g/mol. The quantitative estimate of drug-likeness (QED) is 0.796. The van der Waals surface area contributed by atoms with Gasteiger partial charge in [-0.1, -0.05) is 18.2 Å². The summed E-state index contributed by atoms with van der Waals surface area (Å²) in [6.07, 6.45) is 3.43. The van der Waals surface area contributed by atoms with E-state index in [1.54, 1.807) is 0 Å². The van der Waals surface area contributed by atoms with Crippen molar-refractivity contribution in [3.05, 3.63) is 33.4 Å². The first-order chi connectivity index (χ1) is 7.36. The molecule has 0 N–H and O–H groups in total. The van der Waals surface area contributed by atoms with Gasteiger partial charge in [0.2, 0.25) is 0 Å². The van der Waals surface area contributed by atoms with Gasteiger partial charge in [-0.25, -0.2) is 0 Å². The Kier molecular flexibility index (Phi) is 4.41. The van der Waals surface area contributed by atoms with Crippen molar-refractivity contribution < 1.29 is 9.47 Å². The van der Waals surface area contributed by atoms with Gasteiger partial charge in [0.25, 0.3) is 0 Å². The molecule has 15 heavy (non-hydrogen) atoms. The molecule has 1 aliphatic rings. The molecule has 2 rings (SSSR count). The number of hydrogen-bond donors (Lipinski definition) is 0. The molecule has 1 aromatic carbocycles. The van der Waals surface area contributed by atoms with Gasteiger partial charge < -0.3 is 9.47 Å². The summed E-state index contributed by atoms with van der Waals surface area (Å²) in [7, 11) is 0. The van der Waals surface area contributed by atoms with E-state index in [1.165, 1.54) is 22.0 Å². The molecule has 1 aliphatic heterocycles. The van der Waals surface area contributed by atoms with Gasteiger partial charge in [0.1, 0.15) is 0 Å². The van der Waals surface area contributed by atoms with Crippen molar-refractivity contribution in [2.45, 2.75) is 32.2 Å². The van der Waals surface area contributed by atoms with Gasteiger partial charge in [-0.15, -0.1) is 0 Å². The number of rotatable bonds is 3. The van der Waals surface area contributed by atoms with E-state index < -0.39 is 0 Å². The molecule has 3 heteroatoms. The number of ether oxygens (including phenoxy) is 2. The van der Waals surface area contributed by atoms with Crippen LogP contribution < -0.4 is 0 Å². The highest BCUT2D eigenvalue weighted by Crippen LogP contribution is 2.17. The van der Waals surface area contributed by atoms with Crippen molar-refractivity contribution in [1.29, 1.82) is 0 Å². The molecule has 1 atom stereocenters. The van der Waals surface area contributed by atoms with Crippen molar-refractivity contribution in [2.24, 2.45) is 0 Å². The van der Waals surface area contributed by atoms with Crippen LogP contribution >= 0.6 is 22.6 Å². The van der Waals surface area contributed by atoms with Crippen molar-refractivity contribution in [1.82, 2.24) is 0 Å². The van der Waals surface area contributed by atoms with Crippen LogP contribution in [0.1, 0.15) is 24.8 Å². The van der Waals surface area contributed by atoms with E-state index in [0.717, 1.165) is 13.0 Å². The third kappa shape index (κ3) is 3.43. The maximum absolute atomic E-state index is 5.72. The van der Waals surface area contributed by atoms with Crippen molar-refractivity contribution in [3.63, 3.8) is 0 Å². The zero-order valence-electron chi connectivity index (χ0n) is 8.62. The lowest BCUT2D eigenvalue weighted by molar-refractivity contribution is -0.169. The second-order valence-corrected chi connectivity index (χ2v) is 4.86. The zero-order valence-corrected chi connectivity index (χ0v) is 10.8. The number of benzene rings is 1. The topological polar surface area (TPSA) is 18.5 Å². The first-order valence-corrected chi connectivity index (χ1v) is 6.41. The van der Waals surface area contributed by atoms with Gasteiger partial charge >= 0.3 is 0 Å². The van der Waals surface area contributed by atoms with E-state index in [-0.39, 0.29) is 6.29 Å². The van der Waals surface area contributed by atoms with Crippen LogP contribution in [0.2, 0.25) is 0 Å². The molecular formula is C12H15IO2. The molecule has 0 aliphatic carbocycles. The van der Waals surface area contributed by atoms with Crippen LogP contribution in [0.3, 0.4) is 0 Å². The van der Waals surface area contributed by atoms with Gasteiger partial charge in [0.05, 0.1) is 6.61 Å². The largest absolute Gasteiger partial charge is 0.353 e. The predicted octanol–water partition coefficient (Wildman–Crippen LogP) is 3.33. The Morgan fingerprint density at radius 1 is 1.33 bits per heavy atom.